The summed E-state index contributed by atoms with van der Waals surface area (Å²) in [5.74, 6) is -0.125. The van der Waals surface area contributed by atoms with Crippen molar-refractivity contribution < 1.29 is 9.90 Å². The summed E-state index contributed by atoms with van der Waals surface area (Å²) in [7, 11) is 0. The normalized spacial score (nSPS) is 21.1. The van der Waals surface area contributed by atoms with Crippen LogP contribution < -0.4 is 0 Å². The highest BCUT2D eigenvalue weighted by molar-refractivity contribution is 5.92. The molecule has 1 N–H and O–H groups in total. The summed E-state index contributed by atoms with van der Waals surface area (Å²) in [5, 5.41) is 8.96. The van der Waals surface area contributed by atoms with Crippen LogP contribution in [0.1, 0.15) is 17.0 Å². The lowest BCUT2D eigenvalue weighted by Gasteiger charge is -2.04. The van der Waals surface area contributed by atoms with E-state index >= 15 is 0 Å². The highest BCUT2D eigenvalue weighted by Crippen LogP contribution is 2.29. The molecule has 62 valence electrons. The van der Waals surface area contributed by atoms with E-state index in [2.05, 4.69) is 0 Å². The predicted octanol–water partition coefficient (Wildman–Crippen LogP) is 0.888. The summed E-state index contributed by atoms with van der Waals surface area (Å²) < 4.78 is 0. The number of ketones is 1. The molecule has 0 aromatic heterocycles. The second-order valence-electron chi connectivity index (χ2n) is 3.08. The molecule has 1 atom stereocenters. The number of hydrogen-bond donors (Lipinski definition) is 1. The summed E-state index contributed by atoms with van der Waals surface area (Å²) in [5.41, 5.74) is 2.08. The van der Waals surface area contributed by atoms with Gasteiger partial charge in [-0.3, -0.25) is 4.79 Å². The molecular formula is C10H10O2. The summed E-state index contributed by atoms with van der Waals surface area (Å²) in [6.07, 6.45) is 0.487. The molecule has 2 heteroatoms. The molecular weight excluding hydrogens is 152 g/mol. The van der Waals surface area contributed by atoms with E-state index in [1.165, 1.54) is 0 Å². The molecule has 0 aliphatic heterocycles. The Labute approximate surface area is 70.8 Å². The van der Waals surface area contributed by atoms with E-state index in [0.29, 0.717) is 6.42 Å². The predicted molar refractivity (Wildman–Crippen MR) is 45.0 cm³/mol. The molecule has 0 unspecified atom stereocenters. The Bertz CT molecular complexity index is 317. The largest absolute Gasteiger partial charge is 0.395 e. The molecule has 0 heterocycles. The fraction of sp³-hybridized carbons (Fsp3) is 0.300. The summed E-state index contributed by atoms with van der Waals surface area (Å²) in [6.45, 7) is -0.0597. The van der Waals surface area contributed by atoms with Crippen molar-refractivity contribution in [3.8, 4) is 0 Å². The monoisotopic (exact) mass is 162 g/mol. The first-order valence-electron chi connectivity index (χ1n) is 4.04. The number of Topliss-reactive ketones (excluding diaryl/α,β-unsaturated/α-hetero) is 1. The van der Waals surface area contributed by atoms with E-state index in [9.17, 15) is 4.79 Å². The zero-order chi connectivity index (χ0) is 8.55. The Hall–Kier alpha value is -1.15. The van der Waals surface area contributed by atoms with Crippen LogP contribution in [0, 0.1) is 0 Å². The van der Waals surface area contributed by atoms with Crippen LogP contribution >= 0.6 is 0 Å². The zero-order valence-corrected chi connectivity index (χ0v) is 6.66. The maximum Gasteiger partial charge on any atom is 0.147 e. The Morgan fingerprint density at radius 3 is 2.92 bits per heavy atom. The molecule has 1 aliphatic rings. The molecule has 12 heavy (non-hydrogen) atoms. The Kier molecular flexibility index (Phi) is 1.70. The molecule has 2 nitrogen and oxygen atoms in total. The van der Waals surface area contributed by atoms with Crippen LogP contribution in [-0.2, 0) is 11.2 Å². The van der Waals surface area contributed by atoms with Gasteiger partial charge in [0, 0.05) is 6.42 Å². The van der Waals surface area contributed by atoms with Crippen molar-refractivity contribution in [3.63, 3.8) is 0 Å². The molecule has 0 fully saturated rings. The van der Waals surface area contributed by atoms with Crippen molar-refractivity contribution in [3.05, 3.63) is 35.4 Å². The minimum absolute atomic E-state index is 0.0597. The minimum Gasteiger partial charge on any atom is -0.395 e. The lowest BCUT2D eigenvalue weighted by molar-refractivity contribution is -0.119. The lowest BCUT2D eigenvalue weighted by Crippen LogP contribution is -2.09. The molecule has 0 saturated carbocycles. The first kappa shape index (κ1) is 7.50. The number of rotatable bonds is 1. The van der Waals surface area contributed by atoms with Crippen molar-refractivity contribution in [1.82, 2.24) is 0 Å². The number of aliphatic hydroxyl groups is 1. The van der Waals surface area contributed by atoms with Gasteiger partial charge in [-0.2, -0.15) is 0 Å². The highest BCUT2D eigenvalue weighted by Gasteiger charge is 2.28. The average Bonchev–Trinajstić information content (AvgIpc) is 2.40. The number of benzene rings is 1. The third-order valence-corrected chi connectivity index (χ3v) is 2.37. The SMILES string of the molecule is O=C1Cc2ccccc2[C@@H]1CO. The van der Waals surface area contributed by atoms with E-state index in [-0.39, 0.29) is 18.3 Å². The molecule has 2 rings (SSSR count). The molecule has 1 aromatic carbocycles. The molecule has 0 spiro atoms. The van der Waals surface area contributed by atoms with E-state index in [4.69, 9.17) is 5.11 Å². The Morgan fingerprint density at radius 2 is 2.17 bits per heavy atom. The first-order valence-corrected chi connectivity index (χ1v) is 4.04. The molecule has 1 aromatic rings. The number of hydrogen-bond acceptors (Lipinski definition) is 2. The van der Waals surface area contributed by atoms with E-state index in [1.54, 1.807) is 0 Å². The van der Waals surface area contributed by atoms with E-state index in [0.717, 1.165) is 11.1 Å². The van der Waals surface area contributed by atoms with E-state index in [1.807, 2.05) is 24.3 Å². The molecule has 0 radical (unpaired) electrons. The van der Waals surface area contributed by atoms with Gasteiger partial charge >= 0.3 is 0 Å². The summed E-state index contributed by atoms with van der Waals surface area (Å²) >= 11 is 0. The maximum atomic E-state index is 11.3. The van der Waals surface area contributed by atoms with Gasteiger partial charge in [-0.05, 0) is 11.1 Å². The summed E-state index contributed by atoms with van der Waals surface area (Å²) in [4.78, 5) is 11.3. The van der Waals surface area contributed by atoms with Crippen LogP contribution in [0.4, 0.5) is 0 Å². The molecule has 0 saturated heterocycles. The number of aliphatic hydroxyl groups excluding tert-OH is 1. The van der Waals surface area contributed by atoms with Crippen molar-refractivity contribution in [2.24, 2.45) is 0 Å². The Morgan fingerprint density at radius 1 is 1.42 bits per heavy atom. The molecule has 1 aliphatic carbocycles. The quantitative estimate of drug-likeness (QED) is 0.665. The number of carbonyl (C=O) groups excluding carboxylic acids is 1. The van der Waals surface area contributed by atoms with Crippen molar-refractivity contribution in [2.75, 3.05) is 6.61 Å². The van der Waals surface area contributed by atoms with Gasteiger partial charge in [0.2, 0.25) is 0 Å². The van der Waals surface area contributed by atoms with Crippen LogP contribution in [0.3, 0.4) is 0 Å². The van der Waals surface area contributed by atoms with E-state index < -0.39 is 0 Å². The van der Waals surface area contributed by atoms with Gasteiger partial charge in [0.15, 0.2) is 0 Å². The molecule has 0 amide bonds. The van der Waals surface area contributed by atoms with Crippen molar-refractivity contribution in [1.29, 1.82) is 0 Å². The number of fused-ring (bicyclic) bond motifs is 1. The standard InChI is InChI=1S/C10H10O2/c11-6-9-8-4-2-1-3-7(8)5-10(9)12/h1-4,9,11H,5-6H2/t9-/m0/s1. The fourth-order valence-electron chi connectivity index (χ4n) is 1.72. The lowest BCUT2D eigenvalue weighted by atomic mass is 10.0. The van der Waals surface area contributed by atoms with Crippen LogP contribution in [0.25, 0.3) is 0 Å². The van der Waals surface area contributed by atoms with Gasteiger partial charge in [0.25, 0.3) is 0 Å². The van der Waals surface area contributed by atoms with Crippen LogP contribution in [0.5, 0.6) is 0 Å². The van der Waals surface area contributed by atoms with Gasteiger partial charge in [0.05, 0.1) is 12.5 Å². The second-order valence-corrected chi connectivity index (χ2v) is 3.08. The maximum absolute atomic E-state index is 11.3. The summed E-state index contributed by atoms with van der Waals surface area (Å²) in [6, 6.07) is 7.69. The second kappa shape index (κ2) is 2.72. The van der Waals surface area contributed by atoms with Gasteiger partial charge in [0.1, 0.15) is 5.78 Å². The van der Waals surface area contributed by atoms with Crippen LogP contribution in [0.2, 0.25) is 0 Å². The van der Waals surface area contributed by atoms with Gasteiger partial charge in [-0.15, -0.1) is 0 Å². The average molecular weight is 162 g/mol. The van der Waals surface area contributed by atoms with Crippen LogP contribution in [-0.4, -0.2) is 17.5 Å². The third kappa shape index (κ3) is 0.959. The van der Waals surface area contributed by atoms with Crippen molar-refractivity contribution >= 4 is 5.78 Å². The minimum atomic E-state index is -0.263. The zero-order valence-electron chi connectivity index (χ0n) is 6.66. The Balaban J connectivity index is 2.47. The fourth-order valence-corrected chi connectivity index (χ4v) is 1.72. The topological polar surface area (TPSA) is 37.3 Å². The van der Waals surface area contributed by atoms with Gasteiger partial charge in [-0.1, -0.05) is 24.3 Å². The van der Waals surface area contributed by atoms with Crippen molar-refractivity contribution in [2.45, 2.75) is 12.3 Å². The molecule has 0 bridgehead atoms. The number of carbonyl (C=O) groups is 1. The van der Waals surface area contributed by atoms with Gasteiger partial charge in [-0.25, -0.2) is 0 Å². The van der Waals surface area contributed by atoms with Crippen LogP contribution in [0.15, 0.2) is 24.3 Å². The first-order chi connectivity index (χ1) is 5.83. The van der Waals surface area contributed by atoms with Gasteiger partial charge < -0.3 is 5.11 Å². The smallest absolute Gasteiger partial charge is 0.147 e. The third-order valence-electron chi connectivity index (χ3n) is 2.37. The highest BCUT2D eigenvalue weighted by atomic mass is 16.3.